The van der Waals surface area contributed by atoms with Crippen LogP contribution in [0, 0.1) is 6.92 Å². The summed E-state index contributed by atoms with van der Waals surface area (Å²) >= 11 is 0. The van der Waals surface area contributed by atoms with E-state index in [1.165, 1.54) is 0 Å². The molecule has 2 aliphatic rings. The number of aromatic nitrogens is 2. The van der Waals surface area contributed by atoms with Crippen molar-refractivity contribution in [3.63, 3.8) is 0 Å². The second-order valence-electron chi connectivity index (χ2n) is 12.2. The molecule has 0 spiro atoms. The predicted molar refractivity (Wildman–Crippen MR) is 183 cm³/mol. The number of nitrogens with one attached hydrogen (secondary N) is 1. The molecule has 2 aromatic heterocycles. The van der Waals surface area contributed by atoms with Gasteiger partial charge < -0.3 is 30.0 Å². The molecule has 0 saturated carbocycles. The lowest BCUT2D eigenvalue weighted by Crippen LogP contribution is -2.39. The van der Waals surface area contributed by atoms with Crippen molar-refractivity contribution in [2.75, 3.05) is 75.9 Å². The highest BCUT2D eigenvalue weighted by molar-refractivity contribution is 6.05. The maximum atomic E-state index is 14.3. The minimum absolute atomic E-state index is 0.0980. The number of amides is 1. The van der Waals surface area contributed by atoms with Gasteiger partial charge in [0.05, 0.1) is 31.9 Å². The lowest BCUT2D eigenvalue weighted by molar-refractivity contribution is 0.0364. The molecule has 11 heteroatoms. The number of carbonyl (C=O) groups excluding carboxylic acids is 1. The molecule has 4 heterocycles. The second-order valence-corrected chi connectivity index (χ2v) is 12.2. The minimum atomic E-state index is -0.670. The summed E-state index contributed by atoms with van der Waals surface area (Å²) in [6.07, 6.45) is 3.40. The summed E-state index contributed by atoms with van der Waals surface area (Å²) in [5.74, 6) is -0.347. The number of hydrogen-bond donors (Lipinski definition) is 2. The summed E-state index contributed by atoms with van der Waals surface area (Å²) in [5.41, 5.74) is 11.7. The van der Waals surface area contributed by atoms with Crippen LogP contribution in [0.15, 0.2) is 59.5 Å². The van der Waals surface area contributed by atoms with Crippen LogP contribution in [0.1, 0.15) is 33.6 Å². The molecule has 2 aromatic carbocycles. The zero-order chi connectivity index (χ0) is 32.8. The van der Waals surface area contributed by atoms with Gasteiger partial charge >= 0.3 is 0 Å². The second kappa shape index (κ2) is 15.2. The third-order valence-electron chi connectivity index (χ3n) is 8.97. The molecule has 1 amide bonds. The van der Waals surface area contributed by atoms with Crippen molar-refractivity contribution < 1.29 is 18.7 Å². The Hall–Kier alpha value is -4.16. The van der Waals surface area contributed by atoms with Crippen LogP contribution in [0.2, 0.25) is 0 Å². The van der Waals surface area contributed by atoms with Gasteiger partial charge in [-0.1, -0.05) is 6.07 Å². The molecular weight excluding hydrogens is 599 g/mol. The van der Waals surface area contributed by atoms with E-state index < -0.39 is 6.67 Å². The number of anilines is 2. The SMILES string of the molecule is Cc1ccc(NC(=O)c2cc(CF)cc(N3CCOCC3)c2)cc1-c1cc2cnc(CCCN)cc2n(CCN2CCOCC2)c1=O. The zero-order valence-corrected chi connectivity index (χ0v) is 27.0. The molecule has 2 fully saturated rings. The highest BCUT2D eigenvalue weighted by Crippen LogP contribution is 2.28. The van der Waals surface area contributed by atoms with Crippen LogP contribution in [0.25, 0.3) is 22.0 Å². The molecule has 2 aliphatic heterocycles. The minimum Gasteiger partial charge on any atom is -0.379 e. The molecule has 2 saturated heterocycles. The number of rotatable bonds is 11. The summed E-state index contributed by atoms with van der Waals surface area (Å²) in [6, 6.07) is 14.6. The fraction of sp³-hybridized carbons (Fsp3) is 0.417. The molecule has 10 nitrogen and oxygen atoms in total. The van der Waals surface area contributed by atoms with Gasteiger partial charge in [0.1, 0.15) is 6.67 Å². The predicted octanol–water partition coefficient (Wildman–Crippen LogP) is 4.15. The van der Waals surface area contributed by atoms with Crippen molar-refractivity contribution in [3.8, 4) is 11.1 Å². The number of morpholine rings is 2. The van der Waals surface area contributed by atoms with E-state index in [2.05, 4.69) is 20.1 Å². The number of fused-ring (bicyclic) bond motifs is 1. The van der Waals surface area contributed by atoms with Crippen LogP contribution in [0.5, 0.6) is 0 Å². The molecule has 4 aromatic rings. The highest BCUT2D eigenvalue weighted by atomic mass is 19.1. The van der Waals surface area contributed by atoms with Gasteiger partial charge in [-0.2, -0.15) is 0 Å². The number of carbonyl (C=O) groups is 1. The van der Waals surface area contributed by atoms with E-state index in [4.69, 9.17) is 15.2 Å². The van der Waals surface area contributed by atoms with Gasteiger partial charge in [0.2, 0.25) is 0 Å². The van der Waals surface area contributed by atoms with Gasteiger partial charge in [-0.15, -0.1) is 0 Å². The molecule has 0 atom stereocenters. The van der Waals surface area contributed by atoms with Crippen LogP contribution >= 0.6 is 0 Å². The summed E-state index contributed by atoms with van der Waals surface area (Å²) in [4.78, 5) is 36.9. The Labute approximate surface area is 274 Å². The van der Waals surface area contributed by atoms with E-state index in [9.17, 15) is 14.0 Å². The maximum absolute atomic E-state index is 14.3. The Morgan fingerprint density at radius 3 is 2.47 bits per heavy atom. The number of hydrogen-bond acceptors (Lipinski definition) is 8. The van der Waals surface area contributed by atoms with E-state index in [0.29, 0.717) is 75.0 Å². The lowest BCUT2D eigenvalue weighted by Gasteiger charge is -2.29. The van der Waals surface area contributed by atoms with E-state index in [-0.39, 0.29) is 11.5 Å². The Kier molecular flexibility index (Phi) is 10.6. The smallest absolute Gasteiger partial charge is 0.258 e. The van der Waals surface area contributed by atoms with Gasteiger partial charge in [-0.3, -0.25) is 19.5 Å². The standard InChI is InChI=1S/C36H43FN6O4/c1-25-4-5-30(40-35(44)27-17-26(23-37)18-31(19-27)42-11-15-47-16-12-42)21-32(25)33-20-28-24-39-29(3-2-6-38)22-34(28)43(36(33)45)8-7-41-9-13-46-14-10-41/h4-5,17-22,24H,2-3,6-16,23,38H2,1H3,(H,40,44). The molecule has 0 bridgehead atoms. The first-order valence-electron chi connectivity index (χ1n) is 16.4. The van der Waals surface area contributed by atoms with Gasteiger partial charge in [0.15, 0.2) is 0 Å². The van der Waals surface area contributed by atoms with E-state index in [1.54, 1.807) is 18.2 Å². The van der Waals surface area contributed by atoms with Gasteiger partial charge in [0, 0.05) is 79.0 Å². The average molecular weight is 643 g/mol. The lowest BCUT2D eigenvalue weighted by atomic mass is 9.99. The third kappa shape index (κ3) is 7.70. The molecule has 0 aliphatic carbocycles. The number of halogens is 1. The van der Waals surface area contributed by atoms with Gasteiger partial charge in [-0.05, 0) is 85.5 Å². The van der Waals surface area contributed by atoms with E-state index in [1.807, 2.05) is 48.0 Å². The average Bonchev–Trinajstić information content (AvgIpc) is 3.11. The summed E-state index contributed by atoms with van der Waals surface area (Å²) in [6.45, 7) is 8.68. The van der Waals surface area contributed by atoms with Crippen LogP contribution in [0.3, 0.4) is 0 Å². The van der Waals surface area contributed by atoms with Crippen molar-refractivity contribution in [2.45, 2.75) is 33.0 Å². The summed E-state index contributed by atoms with van der Waals surface area (Å²) in [7, 11) is 0. The Morgan fingerprint density at radius 1 is 0.957 bits per heavy atom. The largest absolute Gasteiger partial charge is 0.379 e. The number of nitrogens with two attached hydrogens (primary N) is 1. The van der Waals surface area contributed by atoms with Crippen LogP contribution in [-0.4, -0.2) is 86.1 Å². The number of ether oxygens (including phenoxy) is 2. The van der Waals surface area contributed by atoms with Crippen molar-refractivity contribution in [3.05, 3.63) is 87.5 Å². The summed E-state index contributed by atoms with van der Waals surface area (Å²) < 4.78 is 26.7. The molecular formula is C36H43FN6O4. The Balaban J connectivity index is 1.33. The van der Waals surface area contributed by atoms with E-state index in [0.717, 1.165) is 65.9 Å². The molecule has 0 radical (unpaired) electrons. The Bertz CT molecular complexity index is 1780. The fourth-order valence-electron chi connectivity index (χ4n) is 6.29. The number of nitrogens with zero attached hydrogens (tertiary/aromatic N) is 4. The first-order valence-corrected chi connectivity index (χ1v) is 16.4. The maximum Gasteiger partial charge on any atom is 0.258 e. The molecule has 6 rings (SSSR count). The van der Waals surface area contributed by atoms with Crippen LogP contribution in [0.4, 0.5) is 15.8 Å². The number of alkyl halides is 1. The number of pyridine rings is 2. The molecule has 47 heavy (non-hydrogen) atoms. The topological polar surface area (TPSA) is 115 Å². The third-order valence-corrected chi connectivity index (χ3v) is 8.97. The number of aryl methyl sites for hydroxylation is 2. The van der Waals surface area contributed by atoms with Crippen molar-refractivity contribution >= 4 is 28.2 Å². The quantitative estimate of drug-likeness (QED) is 0.251. The van der Waals surface area contributed by atoms with Crippen molar-refractivity contribution in [1.82, 2.24) is 14.5 Å². The van der Waals surface area contributed by atoms with E-state index >= 15 is 0 Å². The number of benzene rings is 2. The molecule has 248 valence electrons. The van der Waals surface area contributed by atoms with Gasteiger partial charge in [-0.25, -0.2) is 4.39 Å². The molecule has 0 unspecified atom stereocenters. The van der Waals surface area contributed by atoms with Crippen LogP contribution < -0.4 is 21.5 Å². The van der Waals surface area contributed by atoms with Crippen molar-refractivity contribution in [1.29, 1.82) is 0 Å². The van der Waals surface area contributed by atoms with Crippen LogP contribution in [-0.2, 0) is 29.1 Å². The Morgan fingerprint density at radius 2 is 1.72 bits per heavy atom. The van der Waals surface area contributed by atoms with Gasteiger partial charge in [0.25, 0.3) is 11.5 Å². The van der Waals surface area contributed by atoms with Crippen molar-refractivity contribution in [2.24, 2.45) is 5.73 Å². The first kappa shape index (κ1) is 32.8. The molecule has 3 N–H and O–H groups in total. The summed E-state index contributed by atoms with van der Waals surface area (Å²) in [5, 5.41) is 3.86. The monoisotopic (exact) mass is 642 g/mol. The zero-order valence-electron chi connectivity index (χ0n) is 27.0. The normalized spacial score (nSPS) is 15.7. The first-order chi connectivity index (χ1) is 22.9. The highest BCUT2D eigenvalue weighted by Gasteiger charge is 2.19. The fourth-order valence-corrected chi connectivity index (χ4v) is 6.29.